The van der Waals surface area contributed by atoms with E-state index in [2.05, 4.69) is 44.5 Å². The Labute approximate surface area is 127 Å². The molecular formula is C14H17BrClN3. The number of halogens is 2. The topological polar surface area (TPSA) is 30.7 Å². The van der Waals surface area contributed by atoms with Crippen LogP contribution in [-0.2, 0) is 11.9 Å². The average Bonchev–Trinajstić information content (AvgIpc) is 2.71. The van der Waals surface area contributed by atoms with E-state index in [1.807, 2.05) is 25.1 Å². The lowest BCUT2D eigenvalue weighted by atomic mass is 10.1. The minimum atomic E-state index is 0.525. The van der Waals surface area contributed by atoms with E-state index in [0.29, 0.717) is 11.2 Å². The summed E-state index contributed by atoms with van der Waals surface area (Å²) in [4.78, 5) is 0. The monoisotopic (exact) mass is 341 g/mol. The lowest BCUT2D eigenvalue weighted by molar-refractivity contribution is 0.516. The van der Waals surface area contributed by atoms with Crippen molar-refractivity contribution in [3.8, 4) is 11.4 Å². The van der Waals surface area contributed by atoms with Crippen LogP contribution in [0.2, 0.25) is 5.02 Å². The standard InChI is InChI=1S/C14H17BrClN3/c1-9(2)8-19-13(7-15)17-18-14(19)11-5-4-10(3)6-12(11)16/h4-6,9H,7-8H2,1-3H3. The SMILES string of the molecule is Cc1ccc(-c2nnc(CBr)n2CC(C)C)c(Cl)c1. The van der Waals surface area contributed by atoms with Crippen LogP contribution in [0.5, 0.6) is 0 Å². The van der Waals surface area contributed by atoms with Crippen molar-refractivity contribution < 1.29 is 0 Å². The van der Waals surface area contributed by atoms with Gasteiger partial charge in [0, 0.05) is 12.1 Å². The Kier molecular flexibility index (Phi) is 4.63. The van der Waals surface area contributed by atoms with Crippen LogP contribution >= 0.6 is 27.5 Å². The zero-order valence-corrected chi connectivity index (χ0v) is 13.7. The van der Waals surface area contributed by atoms with Crippen LogP contribution in [0.1, 0.15) is 25.2 Å². The Hall–Kier alpha value is -0.870. The largest absolute Gasteiger partial charge is 0.310 e. The van der Waals surface area contributed by atoms with Crippen LogP contribution in [0.3, 0.4) is 0 Å². The summed E-state index contributed by atoms with van der Waals surface area (Å²) in [6.07, 6.45) is 0. The molecule has 0 atom stereocenters. The molecule has 0 aliphatic rings. The highest BCUT2D eigenvalue weighted by Gasteiger charge is 2.16. The average molecular weight is 343 g/mol. The lowest BCUT2D eigenvalue weighted by Crippen LogP contribution is -2.09. The number of hydrogen-bond donors (Lipinski definition) is 0. The number of alkyl halides is 1. The van der Waals surface area contributed by atoms with E-state index < -0.39 is 0 Å². The fourth-order valence-electron chi connectivity index (χ4n) is 1.99. The zero-order chi connectivity index (χ0) is 14.0. The molecule has 1 heterocycles. The highest BCUT2D eigenvalue weighted by Crippen LogP contribution is 2.28. The Morgan fingerprint density at radius 3 is 2.63 bits per heavy atom. The highest BCUT2D eigenvalue weighted by atomic mass is 79.9. The van der Waals surface area contributed by atoms with E-state index in [1.54, 1.807) is 0 Å². The van der Waals surface area contributed by atoms with Gasteiger partial charge in [-0.2, -0.15) is 0 Å². The summed E-state index contributed by atoms with van der Waals surface area (Å²) in [5.41, 5.74) is 2.08. The second-order valence-electron chi connectivity index (χ2n) is 5.06. The summed E-state index contributed by atoms with van der Waals surface area (Å²) in [5, 5.41) is 9.95. The Morgan fingerprint density at radius 1 is 1.32 bits per heavy atom. The van der Waals surface area contributed by atoms with Crippen molar-refractivity contribution in [2.45, 2.75) is 32.6 Å². The Balaban J connectivity index is 2.52. The molecule has 102 valence electrons. The van der Waals surface area contributed by atoms with Gasteiger partial charge in [0.2, 0.25) is 0 Å². The summed E-state index contributed by atoms with van der Waals surface area (Å²) in [6.45, 7) is 7.27. The van der Waals surface area contributed by atoms with Gasteiger partial charge in [0.15, 0.2) is 5.82 Å². The molecule has 2 aromatic rings. The quantitative estimate of drug-likeness (QED) is 0.768. The molecule has 5 heteroatoms. The van der Waals surface area contributed by atoms with E-state index in [1.165, 1.54) is 0 Å². The zero-order valence-electron chi connectivity index (χ0n) is 11.3. The number of benzene rings is 1. The molecule has 3 nitrogen and oxygen atoms in total. The normalized spacial score (nSPS) is 11.3. The third-order valence-electron chi connectivity index (χ3n) is 2.86. The summed E-state index contributed by atoms with van der Waals surface area (Å²) >= 11 is 9.79. The molecule has 0 aliphatic heterocycles. The van der Waals surface area contributed by atoms with Crippen molar-refractivity contribution in [3.05, 3.63) is 34.6 Å². The smallest absolute Gasteiger partial charge is 0.165 e. The number of nitrogens with zero attached hydrogens (tertiary/aromatic N) is 3. The molecule has 1 aromatic heterocycles. The van der Waals surface area contributed by atoms with Crippen molar-refractivity contribution in [1.82, 2.24) is 14.8 Å². The van der Waals surface area contributed by atoms with Gasteiger partial charge in [0.1, 0.15) is 5.82 Å². The maximum Gasteiger partial charge on any atom is 0.165 e. The van der Waals surface area contributed by atoms with Gasteiger partial charge in [-0.15, -0.1) is 10.2 Å². The van der Waals surface area contributed by atoms with Crippen LogP contribution in [0, 0.1) is 12.8 Å². The van der Waals surface area contributed by atoms with Crippen molar-refractivity contribution in [2.24, 2.45) is 5.92 Å². The predicted octanol–water partition coefficient (Wildman–Crippen LogP) is 4.46. The second kappa shape index (κ2) is 6.06. The van der Waals surface area contributed by atoms with Crippen LogP contribution in [-0.4, -0.2) is 14.8 Å². The number of aryl methyl sites for hydroxylation is 1. The molecular weight excluding hydrogens is 326 g/mol. The van der Waals surface area contributed by atoms with E-state index >= 15 is 0 Å². The molecule has 0 saturated heterocycles. The fourth-order valence-corrected chi connectivity index (χ4v) is 2.73. The summed E-state index contributed by atoms with van der Waals surface area (Å²) in [5.74, 6) is 2.30. The van der Waals surface area contributed by atoms with Gasteiger partial charge >= 0.3 is 0 Å². The van der Waals surface area contributed by atoms with Gasteiger partial charge in [-0.3, -0.25) is 0 Å². The first-order chi connectivity index (χ1) is 9.02. The molecule has 19 heavy (non-hydrogen) atoms. The number of hydrogen-bond acceptors (Lipinski definition) is 2. The van der Waals surface area contributed by atoms with Crippen LogP contribution < -0.4 is 0 Å². The number of rotatable bonds is 4. The van der Waals surface area contributed by atoms with Crippen molar-refractivity contribution in [2.75, 3.05) is 0 Å². The molecule has 0 fully saturated rings. The van der Waals surface area contributed by atoms with Crippen LogP contribution in [0.4, 0.5) is 0 Å². The van der Waals surface area contributed by atoms with Crippen LogP contribution in [0.25, 0.3) is 11.4 Å². The maximum absolute atomic E-state index is 6.33. The van der Waals surface area contributed by atoms with Gasteiger partial charge < -0.3 is 4.57 Å². The Morgan fingerprint density at radius 2 is 2.05 bits per heavy atom. The maximum atomic E-state index is 6.33. The van der Waals surface area contributed by atoms with E-state index in [9.17, 15) is 0 Å². The van der Waals surface area contributed by atoms with Gasteiger partial charge in [-0.05, 0) is 30.5 Å². The minimum absolute atomic E-state index is 0.525. The van der Waals surface area contributed by atoms with Gasteiger partial charge in [0.05, 0.1) is 10.4 Å². The Bertz CT molecular complexity index is 578. The third kappa shape index (κ3) is 3.18. The molecule has 0 spiro atoms. The molecule has 0 saturated carbocycles. The van der Waals surface area contributed by atoms with Gasteiger partial charge in [0.25, 0.3) is 0 Å². The molecule has 0 radical (unpaired) electrons. The lowest BCUT2D eigenvalue weighted by Gasteiger charge is -2.12. The molecule has 2 rings (SSSR count). The third-order valence-corrected chi connectivity index (χ3v) is 3.67. The van der Waals surface area contributed by atoms with Crippen LogP contribution in [0.15, 0.2) is 18.2 Å². The fraction of sp³-hybridized carbons (Fsp3) is 0.429. The van der Waals surface area contributed by atoms with Crippen molar-refractivity contribution in [1.29, 1.82) is 0 Å². The van der Waals surface area contributed by atoms with E-state index in [0.717, 1.165) is 34.3 Å². The van der Waals surface area contributed by atoms with Gasteiger partial charge in [-0.1, -0.05) is 47.4 Å². The first-order valence-electron chi connectivity index (χ1n) is 6.27. The van der Waals surface area contributed by atoms with Crippen molar-refractivity contribution >= 4 is 27.5 Å². The first-order valence-corrected chi connectivity index (χ1v) is 7.77. The molecule has 0 N–H and O–H groups in total. The highest BCUT2D eigenvalue weighted by molar-refractivity contribution is 9.08. The van der Waals surface area contributed by atoms with Crippen molar-refractivity contribution in [3.63, 3.8) is 0 Å². The molecule has 0 unspecified atom stereocenters. The first kappa shape index (κ1) is 14.5. The number of aromatic nitrogens is 3. The molecule has 0 aliphatic carbocycles. The van der Waals surface area contributed by atoms with Gasteiger partial charge in [-0.25, -0.2) is 0 Å². The molecule has 0 bridgehead atoms. The second-order valence-corrected chi connectivity index (χ2v) is 6.03. The molecule has 1 aromatic carbocycles. The van der Waals surface area contributed by atoms with E-state index in [-0.39, 0.29) is 0 Å². The summed E-state index contributed by atoms with van der Waals surface area (Å²) < 4.78 is 2.13. The molecule has 0 amide bonds. The predicted molar refractivity (Wildman–Crippen MR) is 82.7 cm³/mol. The van der Waals surface area contributed by atoms with E-state index in [4.69, 9.17) is 11.6 Å². The summed E-state index contributed by atoms with van der Waals surface area (Å²) in [7, 11) is 0. The minimum Gasteiger partial charge on any atom is -0.310 e. The summed E-state index contributed by atoms with van der Waals surface area (Å²) in [6, 6.07) is 6.01.